The Labute approximate surface area is 55.9 Å². The molecule has 0 aliphatic heterocycles. The third-order valence-corrected chi connectivity index (χ3v) is 0.732. The zero-order valence-electron chi connectivity index (χ0n) is 5.34. The number of carbonyl (C=O) groups is 1. The van der Waals surface area contributed by atoms with E-state index >= 15 is 0 Å². The Morgan fingerprint density at radius 3 is 2.44 bits per heavy atom. The van der Waals surface area contributed by atoms with Crippen molar-refractivity contribution in [3.8, 4) is 0 Å². The molecule has 0 aliphatic rings. The van der Waals surface area contributed by atoms with Crippen molar-refractivity contribution in [3.63, 3.8) is 0 Å². The second-order valence-corrected chi connectivity index (χ2v) is 1.67. The molecule has 0 fully saturated rings. The number of nitrogens with one attached hydrogen (secondary N) is 1. The maximum Gasteiger partial charge on any atom is 0.327 e. The fraction of sp³-hybridized carbons (Fsp3) is 0.500. The molecule has 0 amide bonds. The molecule has 0 radical (unpaired) electrons. The smallest absolute Gasteiger partial charge is 0.327 e. The highest BCUT2D eigenvalue weighted by Gasteiger charge is 1.96. The van der Waals surface area contributed by atoms with Gasteiger partial charge in [0.15, 0.2) is 0 Å². The summed E-state index contributed by atoms with van der Waals surface area (Å²) in [5, 5.41) is 2.58. The van der Waals surface area contributed by atoms with Crippen LogP contribution in [-0.2, 0) is 4.74 Å². The van der Waals surface area contributed by atoms with Crippen LogP contribution in [0.15, 0.2) is 4.99 Å². The fourth-order valence-corrected chi connectivity index (χ4v) is 0.415. The average Bonchev–Trinajstić information content (AvgIpc) is 1.82. The predicted molar refractivity (Wildman–Crippen MR) is 38.6 cm³/mol. The van der Waals surface area contributed by atoms with Crippen molar-refractivity contribution in [2.45, 2.75) is 0 Å². The summed E-state index contributed by atoms with van der Waals surface area (Å²) < 4.78 is 4.51. The zero-order chi connectivity index (χ0) is 7.28. The van der Waals surface area contributed by atoms with Crippen molar-refractivity contribution in [3.05, 3.63) is 0 Å². The van der Waals surface area contributed by atoms with E-state index in [1.54, 1.807) is 7.05 Å². The molecule has 0 saturated heterocycles. The molecule has 0 aromatic rings. The van der Waals surface area contributed by atoms with E-state index in [9.17, 15) is 4.79 Å². The summed E-state index contributed by atoms with van der Waals surface area (Å²) in [6, 6.07) is 0.218. The summed E-state index contributed by atoms with van der Waals surface area (Å²) in [7, 11) is 5.03. The molecule has 5 heteroatoms. The maximum absolute atomic E-state index is 10.2. The van der Waals surface area contributed by atoms with E-state index in [1.165, 1.54) is 7.05 Å². The molecule has 0 aromatic carbocycles. The van der Waals surface area contributed by atoms with Gasteiger partial charge in [-0.25, -0.2) is 9.79 Å². The molecule has 1 N–H and O–H groups in total. The maximum atomic E-state index is 10.2. The van der Waals surface area contributed by atoms with E-state index in [-0.39, 0.29) is 6.02 Å². The molecule has 4 nitrogen and oxygen atoms in total. The van der Waals surface area contributed by atoms with E-state index in [1.807, 2.05) is 9.24 Å². The number of hydrogen-bond acceptors (Lipinski definition) is 3. The number of rotatable bonds is 0. The summed E-state index contributed by atoms with van der Waals surface area (Å²) >= 11 is 0. The van der Waals surface area contributed by atoms with Gasteiger partial charge in [-0.2, -0.15) is 0 Å². The van der Waals surface area contributed by atoms with Gasteiger partial charge in [-0.05, 0) is 9.24 Å². The molecule has 1 unspecified atom stereocenters. The Morgan fingerprint density at radius 2 is 2.33 bits per heavy atom. The number of amidine groups is 1. The van der Waals surface area contributed by atoms with Crippen LogP contribution in [0, 0.1) is 0 Å². The predicted octanol–water partition coefficient (Wildman–Crippen LogP) is 0.203. The van der Waals surface area contributed by atoms with Crippen molar-refractivity contribution >= 4 is 21.0 Å². The second kappa shape index (κ2) is 4.27. The van der Waals surface area contributed by atoms with Crippen molar-refractivity contribution in [1.29, 1.82) is 0 Å². The highest BCUT2D eigenvalue weighted by atomic mass is 31.0. The average molecular weight is 148 g/mol. The first-order valence-corrected chi connectivity index (χ1v) is 2.90. The summed E-state index contributed by atoms with van der Waals surface area (Å²) in [6.07, 6.45) is 0. The molecule has 52 valence electrons. The minimum absolute atomic E-state index is 0.218. The summed E-state index contributed by atoms with van der Waals surface area (Å²) in [5.74, 6) is 0. The zero-order valence-corrected chi connectivity index (χ0v) is 6.50. The second-order valence-electron chi connectivity index (χ2n) is 1.20. The third-order valence-electron chi connectivity index (χ3n) is 0.614. The molecule has 0 aromatic heterocycles. The molecule has 9 heavy (non-hydrogen) atoms. The fourth-order valence-electron chi connectivity index (χ4n) is 0.304. The van der Waals surface area contributed by atoms with Crippen LogP contribution in [-0.4, -0.2) is 25.8 Å². The molecule has 0 rings (SSSR count). The van der Waals surface area contributed by atoms with Crippen LogP contribution in [0.25, 0.3) is 0 Å². The number of nitrogens with zero attached hydrogens (tertiary/aromatic N) is 1. The lowest BCUT2D eigenvalue weighted by Gasteiger charge is -2.00. The van der Waals surface area contributed by atoms with Gasteiger partial charge < -0.3 is 10.1 Å². The number of carbonyl (C=O) groups excluding carboxylic acids is 1. The van der Waals surface area contributed by atoms with E-state index in [0.717, 1.165) is 0 Å². The SMILES string of the molecule is CN=C(NC)OC(=O)P. The van der Waals surface area contributed by atoms with Crippen molar-refractivity contribution < 1.29 is 9.53 Å². The van der Waals surface area contributed by atoms with Gasteiger partial charge in [-0.15, -0.1) is 0 Å². The number of ether oxygens (including phenoxy) is 1. The molecule has 0 bridgehead atoms. The molecule has 0 aliphatic carbocycles. The van der Waals surface area contributed by atoms with Gasteiger partial charge in [0.2, 0.25) is 0 Å². The minimum Gasteiger partial charge on any atom is -0.390 e. The van der Waals surface area contributed by atoms with E-state index < -0.39 is 5.71 Å². The lowest BCUT2D eigenvalue weighted by molar-refractivity contribution is 0.222. The van der Waals surface area contributed by atoms with E-state index in [0.29, 0.717) is 0 Å². The first-order valence-electron chi connectivity index (χ1n) is 2.32. The van der Waals surface area contributed by atoms with Crippen LogP contribution in [0.3, 0.4) is 0 Å². The van der Waals surface area contributed by atoms with E-state index in [4.69, 9.17) is 0 Å². The topological polar surface area (TPSA) is 50.7 Å². The lowest BCUT2D eigenvalue weighted by atomic mass is 11.0. The van der Waals surface area contributed by atoms with Crippen molar-refractivity contribution in [1.82, 2.24) is 5.32 Å². The molecule has 1 atom stereocenters. The third kappa shape index (κ3) is 3.91. The largest absolute Gasteiger partial charge is 0.390 e. The summed E-state index contributed by atoms with van der Waals surface area (Å²) in [6.45, 7) is 0. The summed E-state index contributed by atoms with van der Waals surface area (Å²) in [5.41, 5.74) is -0.454. The molecule has 0 spiro atoms. The molecular formula is C4H9N2O2P. The molecule has 0 saturated carbocycles. The van der Waals surface area contributed by atoms with E-state index in [2.05, 4.69) is 15.0 Å². The molecule has 0 heterocycles. The van der Waals surface area contributed by atoms with Crippen LogP contribution in [0.1, 0.15) is 0 Å². The summed E-state index contributed by atoms with van der Waals surface area (Å²) in [4.78, 5) is 13.8. The normalized spacial score (nSPS) is 10.8. The quantitative estimate of drug-likeness (QED) is 0.303. The van der Waals surface area contributed by atoms with Gasteiger partial charge >= 0.3 is 5.71 Å². The first-order chi connectivity index (χ1) is 4.20. The Hall–Kier alpha value is -0.630. The van der Waals surface area contributed by atoms with Crippen LogP contribution >= 0.6 is 9.24 Å². The Morgan fingerprint density at radius 1 is 1.78 bits per heavy atom. The Balaban J connectivity index is 3.71. The first kappa shape index (κ1) is 8.37. The van der Waals surface area contributed by atoms with Gasteiger partial charge in [-0.3, -0.25) is 0 Å². The van der Waals surface area contributed by atoms with Gasteiger partial charge in [0.05, 0.1) is 0 Å². The van der Waals surface area contributed by atoms with Crippen molar-refractivity contribution in [2.24, 2.45) is 4.99 Å². The highest BCUT2D eigenvalue weighted by molar-refractivity contribution is 7.39. The van der Waals surface area contributed by atoms with Crippen molar-refractivity contribution in [2.75, 3.05) is 14.1 Å². The van der Waals surface area contributed by atoms with Crippen LogP contribution in [0.4, 0.5) is 4.79 Å². The van der Waals surface area contributed by atoms with Gasteiger partial charge in [-0.1, -0.05) is 0 Å². The van der Waals surface area contributed by atoms with Gasteiger partial charge in [0, 0.05) is 14.1 Å². The van der Waals surface area contributed by atoms with Crippen LogP contribution in [0.2, 0.25) is 0 Å². The number of aliphatic imine (C=N–C) groups is 1. The van der Waals surface area contributed by atoms with Gasteiger partial charge in [0.25, 0.3) is 6.02 Å². The minimum atomic E-state index is -0.454. The Kier molecular flexibility index (Phi) is 3.97. The standard InChI is InChI=1S/C4H9N2O2P/c1-5-3(6-2)8-4(7)9/h9H2,1-2H3,(H,5,6). The lowest BCUT2D eigenvalue weighted by Crippen LogP contribution is -2.22. The monoisotopic (exact) mass is 148 g/mol. The Bertz CT molecular complexity index is 135. The van der Waals surface area contributed by atoms with Crippen LogP contribution in [0.5, 0.6) is 0 Å². The van der Waals surface area contributed by atoms with Crippen LogP contribution < -0.4 is 5.32 Å². The highest BCUT2D eigenvalue weighted by Crippen LogP contribution is 1.90. The van der Waals surface area contributed by atoms with Gasteiger partial charge in [0.1, 0.15) is 0 Å². The molecular weight excluding hydrogens is 139 g/mol. The number of hydrogen-bond donors (Lipinski definition) is 1.